The summed E-state index contributed by atoms with van der Waals surface area (Å²) in [5.74, 6) is 0. The molecule has 7 heteroatoms. The summed E-state index contributed by atoms with van der Waals surface area (Å²) in [4.78, 5) is 2.41. The van der Waals surface area contributed by atoms with Gasteiger partial charge in [0.1, 0.15) is 4.90 Å². The molecule has 0 aromatic heterocycles. The molecule has 4 nitrogen and oxygen atoms in total. The second-order valence-corrected chi connectivity index (χ2v) is 9.41. The lowest BCUT2D eigenvalue weighted by Crippen LogP contribution is -2.48. The van der Waals surface area contributed by atoms with E-state index in [9.17, 15) is 8.42 Å². The van der Waals surface area contributed by atoms with Crippen molar-refractivity contribution in [3.63, 3.8) is 0 Å². The Kier molecular flexibility index (Phi) is 5.44. The topological polar surface area (TPSA) is 40.6 Å². The zero-order chi connectivity index (χ0) is 18.2. The molecule has 0 spiro atoms. The van der Waals surface area contributed by atoms with Gasteiger partial charge in [-0.3, -0.25) is 0 Å². The van der Waals surface area contributed by atoms with Gasteiger partial charge in [-0.1, -0.05) is 39.7 Å². The first kappa shape index (κ1) is 18.7. The molecule has 0 amide bonds. The summed E-state index contributed by atoms with van der Waals surface area (Å²) < 4.78 is 28.1. The largest absolute Gasteiger partial charge is 0.369 e. The lowest BCUT2D eigenvalue weighted by molar-refractivity contribution is 0.385. The Balaban J connectivity index is 1.78. The quantitative estimate of drug-likeness (QED) is 0.713. The molecular weight excluding hydrogens is 424 g/mol. The van der Waals surface area contributed by atoms with E-state index >= 15 is 0 Å². The predicted octanol–water partition coefficient (Wildman–Crippen LogP) is 4.23. The molecule has 0 aliphatic carbocycles. The Morgan fingerprint density at radius 1 is 1.04 bits per heavy atom. The highest BCUT2D eigenvalue weighted by Gasteiger charge is 2.30. The van der Waals surface area contributed by atoms with Crippen molar-refractivity contribution >= 4 is 43.2 Å². The highest BCUT2D eigenvalue weighted by molar-refractivity contribution is 9.10. The van der Waals surface area contributed by atoms with E-state index in [4.69, 9.17) is 11.6 Å². The summed E-state index contributed by atoms with van der Waals surface area (Å²) in [5, 5.41) is 0.242. The van der Waals surface area contributed by atoms with Crippen molar-refractivity contribution in [2.75, 3.05) is 31.1 Å². The third kappa shape index (κ3) is 3.72. The number of halogens is 2. The number of piperazine rings is 1. The van der Waals surface area contributed by atoms with Gasteiger partial charge in [-0.25, -0.2) is 8.42 Å². The summed E-state index contributed by atoms with van der Waals surface area (Å²) >= 11 is 9.46. The van der Waals surface area contributed by atoms with Gasteiger partial charge in [0.05, 0.1) is 5.02 Å². The minimum absolute atomic E-state index is 0.164. The summed E-state index contributed by atoms with van der Waals surface area (Å²) in [6.07, 6.45) is 0. The van der Waals surface area contributed by atoms with Gasteiger partial charge in [-0.15, -0.1) is 0 Å². The van der Waals surface area contributed by atoms with Crippen LogP contribution in [0, 0.1) is 13.8 Å². The first-order valence-corrected chi connectivity index (χ1v) is 10.7. The molecule has 0 unspecified atom stereocenters. The van der Waals surface area contributed by atoms with E-state index in [1.807, 2.05) is 6.07 Å². The van der Waals surface area contributed by atoms with Gasteiger partial charge < -0.3 is 4.90 Å². The summed E-state index contributed by atoms with van der Waals surface area (Å²) in [5.41, 5.74) is 3.67. The van der Waals surface area contributed by atoms with E-state index < -0.39 is 10.0 Å². The smallest absolute Gasteiger partial charge is 0.244 e. The molecule has 1 heterocycles. The number of sulfonamides is 1. The van der Waals surface area contributed by atoms with Crippen molar-refractivity contribution in [3.05, 3.63) is 57.0 Å². The van der Waals surface area contributed by atoms with Crippen molar-refractivity contribution < 1.29 is 8.42 Å². The monoisotopic (exact) mass is 442 g/mol. The third-order valence-electron chi connectivity index (χ3n) is 4.67. The summed E-state index contributed by atoms with van der Waals surface area (Å²) in [6, 6.07) is 11.1. The van der Waals surface area contributed by atoms with Crippen LogP contribution >= 0.6 is 27.5 Å². The van der Waals surface area contributed by atoms with E-state index in [1.165, 1.54) is 21.1 Å². The number of nitrogens with zero attached hydrogens (tertiary/aromatic N) is 2. The number of hydrogen-bond acceptors (Lipinski definition) is 3. The SMILES string of the molecule is Cc1cccc(N2CCN(S(=O)(=O)c3ccc(Br)cc3Cl)CC2)c1C. The molecule has 134 valence electrons. The van der Waals surface area contributed by atoms with Gasteiger partial charge in [0.25, 0.3) is 0 Å². The van der Waals surface area contributed by atoms with Gasteiger partial charge in [-0.05, 0) is 49.2 Å². The van der Waals surface area contributed by atoms with Gasteiger partial charge in [0.2, 0.25) is 10.0 Å². The molecule has 0 saturated carbocycles. The maximum Gasteiger partial charge on any atom is 0.244 e. The fourth-order valence-electron chi connectivity index (χ4n) is 3.07. The minimum Gasteiger partial charge on any atom is -0.369 e. The van der Waals surface area contributed by atoms with Crippen molar-refractivity contribution in [3.8, 4) is 0 Å². The fraction of sp³-hybridized carbons (Fsp3) is 0.333. The van der Waals surface area contributed by atoms with Gasteiger partial charge in [0.15, 0.2) is 0 Å². The Hall–Kier alpha value is -1.08. The van der Waals surface area contributed by atoms with E-state index in [2.05, 4.69) is 46.8 Å². The van der Waals surface area contributed by atoms with E-state index in [0.29, 0.717) is 26.2 Å². The molecule has 3 rings (SSSR count). The maximum atomic E-state index is 12.9. The Labute approximate surface area is 162 Å². The Morgan fingerprint density at radius 3 is 2.36 bits per heavy atom. The van der Waals surface area contributed by atoms with Crippen molar-refractivity contribution in [2.45, 2.75) is 18.7 Å². The van der Waals surface area contributed by atoms with Crippen LogP contribution in [0.3, 0.4) is 0 Å². The average Bonchev–Trinajstić information content (AvgIpc) is 2.57. The number of benzene rings is 2. The molecule has 1 aliphatic rings. The average molecular weight is 444 g/mol. The van der Waals surface area contributed by atoms with E-state index in [0.717, 1.165) is 4.47 Å². The molecule has 0 radical (unpaired) electrons. The maximum absolute atomic E-state index is 12.9. The van der Waals surface area contributed by atoms with E-state index in [1.54, 1.807) is 18.2 Å². The van der Waals surface area contributed by atoms with Crippen LogP contribution in [0.1, 0.15) is 11.1 Å². The van der Waals surface area contributed by atoms with Crippen molar-refractivity contribution in [1.82, 2.24) is 4.31 Å². The summed E-state index contributed by atoms with van der Waals surface area (Å²) in [6.45, 7) is 6.42. The number of rotatable bonds is 3. The zero-order valence-corrected chi connectivity index (χ0v) is 17.3. The highest BCUT2D eigenvalue weighted by Crippen LogP contribution is 2.29. The molecular formula is C18H20BrClN2O2S. The van der Waals surface area contributed by atoms with Crippen LogP contribution in [-0.2, 0) is 10.0 Å². The van der Waals surface area contributed by atoms with Gasteiger partial charge >= 0.3 is 0 Å². The van der Waals surface area contributed by atoms with Crippen LogP contribution in [0.2, 0.25) is 5.02 Å². The van der Waals surface area contributed by atoms with Gasteiger partial charge in [0, 0.05) is 36.3 Å². The van der Waals surface area contributed by atoms with Crippen LogP contribution in [0.15, 0.2) is 45.8 Å². The second-order valence-electron chi connectivity index (χ2n) is 6.18. The molecule has 0 bridgehead atoms. The lowest BCUT2D eigenvalue weighted by Gasteiger charge is -2.36. The Bertz CT molecular complexity index is 894. The predicted molar refractivity (Wildman–Crippen MR) is 106 cm³/mol. The molecule has 2 aromatic carbocycles. The van der Waals surface area contributed by atoms with Crippen molar-refractivity contribution in [2.24, 2.45) is 0 Å². The highest BCUT2D eigenvalue weighted by atomic mass is 79.9. The van der Waals surface area contributed by atoms with Crippen molar-refractivity contribution in [1.29, 1.82) is 0 Å². The fourth-order valence-corrected chi connectivity index (χ4v) is 5.50. The Morgan fingerprint density at radius 2 is 1.72 bits per heavy atom. The van der Waals surface area contributed by atoms with Crippen LogP contribution < -0.4 is 4.90 Å². The number of anilines is 1. The van der Waals surface area contributed by atoms with Crippen LogP contribution in [0.4, 0.5) is 5.69 Å². The first-order valence-electron chi connectivity index (χ1n) is 8.07. The molecule has 0 atom stereocenters. The molecule has 2 aromatic rings. The van der Waals surface area contributed by atoms with Crippen LogP contribution in [0.5, 0.6) is 0 Å². The molecule has 1 aliphatic heterocycles. The second kappa shape index (κ2) is 7.27. The number of aryl methyl sites for hydroxylation is 1. The van der Waals surface area contributed by atoms with Crippen LogP contribution in [-0.4, -0.2) is 38.9 Å². The molecule has 25 heavy (non-hydrogen) atoms. The molecule has 1 fully saturated rings. The van der Waals surface area contributed by atoms with Gasteiger partial charge in [-0.2, -0.15) is 4.31 Å². The summed E-state index contributed by atoms with van der Waals surface area (Å²) in [7, 11) is -3.58. The number of hydrogen-bond donors (Lipinski definition) is 0. The zero-order valence-electron chi connectivity index (χ0n) is 14.2. The third-order valence-corrected chi connectivity index (χ3v) is 7.54. The standard InChI is InChI=1S/C18H20BrClN2O2S/c1-13-4-3-5-17(14(13)2)21-8-10-22(11-9-21)25(23,24)18-7-6-15(19)12-16(18)20/h3-7,12H,8-11H2,1-2H3. The normalized spacial score (nSPS) is 16.2. The minimum atomic E-state index is -3.58. The van der Waals surface area contributed by atoms with Crippen LogP contribution in [0.25, 0.3) is 0 Å². The first-order chi connectivity index (χ1) is 11.8. The molecule has 0 N–H and O–H groups in total. The molecule has 1 saturated heterocycles. The lowest BCUT2D eigenvalue weighted by atomic mass is 10.1. The van der Waals surface area contributed by atoms with E-state index in [-0.39, 0.29) is 9.92 Å².